The molecule has 2 aromatic heterocycles. The van der Waals surface area contributed by atoms with Crippen molar-refractivity contribution in [2.24, 2.45) is 5.41 Å². The number of amides is 1. The van der Waals surface area contributed by atoms with E-state index in [1.54, 1.807) is 0 Å². The van der Waals surface area contributed by atoms with Crippen molar-refractivity contribution in [2.75, 3.05) is 18.8 Å². The number of nitrogens with zero attached hydrogens (tertiary/aromatic N) is 2. The fourth-order valence-electron chi connectivity index (χ4n) is 3.07. The van der Waals surface area contributed by atoms with E-state index >= 15 is 0 Å². The first-order chi connectivity index (χ1) is 9.78. The predicted octanol–water partition coefficient (Wildman–Crippen LogP) is 3.37. The molecule has 3 rings (SSSR count). The summed E-state index contributed by atoms with van der Waals surface area (Å²) >= 11 is 1.49. The van der Waals surface area contributed by atoms with Gasteiger partial charge < -0.3 is 10.6 Å². The molecule has 0 bridgehead atoms. The summed E-state index contributed by atoms with van der Waals surface area (Å²) in [4.78, 5) is 19.8. The van der Waals surface area contributed by atoms with Crippen molar-refractivity contribution in [1.82, 2.24) is 9.88 Å². The molecule has 2 aromatic rings. The molecule has 3 heterocycles. The summed E-state index contributed by atoms with van der Waals surface area (Å²) < 4.78 is 1.05. The summed E-state index contributed by atoms with van der Waals surface area (Å²) in [6.45, 7) is 9.93. The highest BCUT2D eigenvalue weighted by Gasteiger charge is 2.34. The second kappa shape index (κ2) is 4.70. The maximum absolute atomic E-state index is 12.8. The van der Waals surface area contributed by atoms with Crippen LogP contribution in [-0.2, 0) is 0 Å². The van der Waals surface area contributed by atoms with Gasteiger partial charge >= 0.3 is 0 Å². The van der Waals surface area contributed by atoms with E-state index < -0.39 is 0 Å². The summed E-state index contributed by atoms with van der Waals surface area (Å²) in [7, 11) is 0. The first kappa shape index (κ1) is 14.3. The van der Waals surface area contributed by atoms with E-state index in [9.17, 15) is 4.79 Å². The molecule has 0 unspecified atom stereocenters. The number of hydrogen-bond acceptors (Lipinski definition) is 4. The SMILES string of the molecule is Cc1cc2sc(C(=O)N3CCC(C)(C)C3)c(N)c2c(C)n1. The average Bonchev–Trinajstić information content (AvgIpc) is 2.89. The van der Waals surface area contributed by atoms with Gasteiger partial charge in [-0.05, 0) is 31.7 Å². The minimum absolute atomic E-state index is 0.0660. The Morgan fingerprint density at radius 1 is 1.43 bits per heavy atom. The van der Waals surface area contributed by atoms with Crippen LogP contribution in [0.1, 0.15) is 41.3 Å². The third kappa shape index (κ3) is 2.39. The molecule has 4 nitrogen and oxygen atoms in total. The number of carbonyl (C=O) groups is 1. The van der Waals surface area contributed by atoms with Crippen LogP contribution in [0.3, 0.4) is 0 Å². The van der Waals surface area contributed by atoms with Gasteiger partial charge in [-0.15, -0.1) is 11.3 Å². The van der Waals surface area contributed by atoms with Crippen LogP contribution < -0.4 is 5.73 Å². The lowest BCUT2D eigenvalue weighted by atomic mass is 9.93. The van der Waals surface area contributed by atoms with E-state index in [2.05, 4.69) is 18.8 Å². The lowest BCUT2D eigenvalue weighted by Gasteiger charge is -2.19. The topological polar surface area (TPSA) is 59.2 Å². The summed E-state index contributed by atoms with van der Waals surface area (Å²) in [6, 6.07) is 2.01. The van der Waals surface area contributed by atoms with Gasteiger partial charge in [-0.25, -0.2) is 0 Å². The molecule has 21 heavy (non-hydrogen) atoms. The smallest absolute Gasteiger partial charge is 0.266 e. The van der Waals surface area contributed by atoms with Crippen LogP contribution in [0.5, 0.6) is 0 Å². The van der Waals surface area contributed by atoms with Crippen LogP contribution in [0.2, 0.25) is 0 Å². The van der Waals surface area contributed by atoms with Crippen molar-refractivity contribution in [3.05, 3.63) is 22.3 Å². The molecule has 1 amide bonds. The van der Waals surface area contributed by atoms with E-state index in [4.69, 9.17) is 5.73 Å². The Morgan fingerprint density at radius 2 is 2.14 bits per heavy atom. The molecule has 1 fully saturated rings. The summed E-state index contributed by atoms with van der Waals surface area (Å²) in [5.74, 6) is 0.0660. The number of rotatable bonds is 1. The van der Waals surface area contributed by atoms with Crippen LogP contribution in [0.4, 0.5) is 5.69 Å². The minimum Gasteiger partial charge on any atom is -0.397 e. The van der Waals surface area contributed by atoms with Gasteiger partial charge in [0.05, 0.1) is 5.69 Å². The van der Waals surface area contributed by atoms with Gasteiger partial charge in [0.1, 0.15) is 4.88 Å². The molecule has 0 atom stereocenters. The zero-order valence-electron chi connectivity index (χ0n) is 13.0. The number of aryl methyl sites for hydroxylation is 2. The Bertz CT molecular complexity index is 733. The first-order valence-electron chi connectivity index (χ1n) is 7.24. The van der Waals surface area contributed by atoms with Gasteiger partial charge in [0.2, 0.25) is 0 Å². The number of nitrogen functional groups attached to an aromatic ring is 1. The molecule has 0 aliphatic carbocycles. The second-order valence-electron chi connectivity index (χ2n) is 6.71. The van der Waals surface area contributed by atoms with Gasteiger partial charge in [-0.1, -0.05) is 13.8 Å². The van der Waals surface area contributed by atoms with Crippen molar-refractivity contribution < 1.29 is 4.79 Å². The summed E-state index contributed by atoms with van der Waals surface area (Å²) in [5.41, 5.74) is 8.91. The zero-order valence-corrected chi connectivity index (χ0v) is 13.8. The Balaban J connectivity index is 2.03. The Hall–Kier alpha value is -1.62. The number of carbonyl (C=O) groups excluding carboxylic acids is 1. The summed E-state index contributed by atoms with van der Waals surface area (Å²) in [6.07, 6.45) is 1.04. The molecule has 0 aromatic carbocycles. The van der Waals surface area contributed by atoms with Crippen molar-refractivity contribution >= 4 is 33.0 Å². The highest BCUT2D eigenvalue weighted by molar-refractivity contribution is 7.21. The van der Waals surface area contributed by atoms with E-state index in [1.165, 1.54) is 11.3 Å². The normalized spacial score (nSPS) is 17.6. The third-order valence-corrected chi connectivity index (χ3v) is 5.32. The molecule has 2 N–H and O–H groups in total. The van der Waals surface area contributed by atoms with Crippen LogP contribution >= 0.6 is 11.3 Å². The second-order valence-corrected chi connectivity index (χ2v) is 7.76. The number of likely N-dealkylation sites (tertiary alicyclic amines) is 1. The Morgan fingerprint density at radius 3 is 2.76 bits per heavy atom. The van der Waals surface area contributed by atoms with Crippen LogP contribution in [0, 0.1) is 19.3 Å². The number of hydrogen-bond donors (Lipinski definition) is 1. The molecular formula is C16H21N3OS. The van der Waals surface area contributed by atoms with Crippen LogP contribution in [0.25, 0.3) is 10.1 Å². The predicted molar refractivity (Wildman–Crippen MR) is 87.8 cm³/mol. The van der Waals surface area contributed by atoms with Gasteiger partial charge in [-0.2, -0.15) is 0 Å². The number of nitrogens with two attached hydrogens (primary N) is 1. The zero-order chi connectivity index (χ0) is 15.4. The quantitative estimate of drug-likeness (QED) is 0.878. The first-order valence-corrected chi connectivity index (χ1v) is 8.06. The monoisotopic (exact) mass is 303 g/mol. The van der Waals surface area contributed by atoms with E-state index in [0.29, 0.717) is 10.6 Å². The molecule has 1 saturated heterocycles. The maximum atomic E-state index is 12.8. The largest absolute Gasteiger partial charge is 0.397 e. The van der Waals surface area contributed by atoms with Crippen LogP contribution in [-0.4, -0.2) is 28.9 Å². The average molecular weight is 303 g/mol. The van der Waals surface area contributed by atoms with Gasteiger partial charge in [0.15, 0.2) is 0 Å². The van der Waals surface area contributed by atoms with Gasteiger partial charge in [-0.3, -0.25) is 9.78 Å². The maximum Gasteiger partial charge on any atom is 0.266 e. The van der Waals surface area contributed by atoms with E-state index in [1.807, 2.05) is 24.8 Å². The highest BCUT2D eigenvalue weighted by atomic mass is 32.1. The molecule has 1 aliphatic rings. The Kier molecular flexibility index (Phi) is 3.20. The molecule has 0 radical (unpaired) electrons. The lowest BCUT2D eigenvalue weighted by molar-refractivity contribution is 0.0784. The van der Waals surface area contributed by atoms with Gasteiger partial charge in [0, 0.05) is 34.6 Å². The van der Waals surface area contributed by atoms with Crippen molar-refractivity contribution in [2.45, 2.75) is 34.1 Å². The minimum atomic E-state index is 0.0660. The lowest BCUT2D eigenvalue weighted by Crippen LogP contribution is -2.30. The molecule has 0 saturated carbocycles. The van der Waals surface area contributed by atoms with E-state index in [0.717, 1.165) is 41.0 Å². The van der Waals surface area contributed by atoms with Crippen LogP contribution in [0.15, 0.2) is 6.07 Å². The fraction of sp³-hybridized carbons (Fsp3) is 0.500. The molecule has 0 spiro atoms. The van der Waals surface area contributed by atoms with E-state index in [-0.39, 0.29) is 11.3 Å². The number of anilines is 1. The van der Waals surface area contributed by atoms with Crippen molar-refractivity contribution in [3.63, 3.8) is 0 Å². The standard InChI is InChI=1S/C16H21N3OS/c1-9-7-11-12(10(2)18-9)13(17)14(21-11)15(20)19-6-5-16(3,4)8-19/h7H,5-6,8,17H2,1-4H3. The molecule has 1 aliphatic heterocycles. The fourth-order valence-corrected chi connectivity index (χ4v) is 4.31. The number of thiophene rings is 1. The Labute approximate surface area is 129 Å². The summed E-state index contributed by atoms with van der Waals surface area (Å²) in [5, 5.41) is 0.937. The molecular weight excluding hydrogens is 282 g/mol. The highest BCUT2D eigenvalue weighted by Crippen LogP contribution is 2.38. The van der Waals surface area contributed by atoms with Gasteiger partial charge in [0.25, 0.3) is 5.91 Å². The van der Waals surface area contributed by atoms with Crippen molar-refractivity contribution in [1.29, 1.82) is 0 Å². The van der Waals surface area contributed by atoms with Crippen molar-refractivity contribution in [3.8, 4) is 0 Å². The number of pyridine rings is 1. The number of aromatic nitrogens is 1. The molecule has 112 valence electrons. The third-order valence-electron chi connectivity index (χ3n) is 4.18. The molecule has 5 heteroatoms. The number of fused-ring (bicyclic) bond motifs is 1.